The summed E-state index contributed by atoms with van der Waals surface area (Å²) in [5.74, 6) is -0.599. The molecule has 0 unspecified atom stereocenters. The van der Waals surface area contributed by atoms with Crippen molar-refractivity contribution in [3.63, 3.8) is 0 Å². The van der Waals surface area contributed by atoms with Crippen LogP contribution >= 0.6 is 0 Å². The number of benzene rings is 2. The Labute approximate surface area is 133 Å². The van der Waals surface area contributed by atoms with Gasteiger partial charge in [-0.05, 0) is 37.1 Å². The fourth-order valence-electron chi connectivity index (χ4n) is 2.60. The maximum absolute atomic E-state index is 10.2. The minimum atomic E-state index is -0.386. The minimum Gasteiger partial charge on any atom is -0.507 e. The van der Waals surface area contributed by atoms with E-state index in [0.29, 0.717) is 11.1 Å². The summed E-state index contributed by atoms with van der Waals surface area (Å²) in [6, 6.07) is 2.91. The Kier molecular flexibility index (Phi) is 4.68. The lowest BCUT2D eigenvalue weighted by molar-refractivity contribution is 0.274. The summed E-state index contributed by atoms with van der Waals surface area (Å²) < 4.78 is 0. The van der Waals surface area contributed by atoms with E-state index in [4.69, 9.17) is 0 Å². The number of aromatic hydroxyl groups is 4. The highest BCUT2D eigenvalue weighted by Crippen LogP contribution is 2.38. The zero-order chi connectivity index (χ0) is 17.3. The van der Waals surface area contributed by atoms with Gasteiger partial charge in [-0.25, -0.2) is 0 Å². The van der Waals surface area contributed by atoms with Crippen LogP contribution in [0.4, 0.5) is 0 Å². The summed E-state index contributed by atoms with van der Waals surface area (Å²) >= 11 is 0. The van der Waals surface area contributed by atoms with Crippen molar-refractivity contribution in [2.45, 2.75) is 33.5 Å². The lowest BCUT2D eigenvalue weighted by atomic mass is 9.94. The van der Waals surface area contributed by atoms with Crippen LogP contribution < -0.4 is 0 Å². The fraction of sp³-hybridized carbons (Fsp3) is 0.294. The molecule has 0 saturated carbocycles. The SMILES string of the molecule is Cc1c(O)c(CO)cc(Cc2cc(CO)c(O)c(C)c2O)c1O. The highest BCUT2D eigenvalue weighted by atomic mass is 16.3. The van der Waals surface area contributed by atoms with Crippen molar-refractivity contribution < 1.29 is 30.6 Å². The van der Waals surface area contributed by atoms with Crippen molar-refractivity contribution >= 4 is 0 Å². The third kappa shape index (κ3) is 2.91. The number of hydrogen-bond donors (Lipinski definition) is 6. The van der Waals surface area contributed by atoms with Crippen molar-refractivity contribution in [2.75, 3.05) is 0 Å². The zero-order valence-corrected chi connectivity index (χ0v) is 13.0. The number of aliphatic hydroxyl groups excluding tert-OH is 2. The number of aliphatic hydroxyl groups is 2. The van der Waals surface area contributed by atoms with Crippen LogP contribution in [0.2, 0.25) is 0 Å². The summed E-state index contributed by atoms with van der Waals surface area (Å²) in [6.45, 7) is 2.27. The van der Waals surface area contributed by atoms with Crippen molar-refractivity contribution in [3.8, 4) is 23.0 Å². The molecule has 0 aliphatic rings. The molecular formula is C17H20O6. The third-order valence-corrected chi connectivity index (χ3v) is 4.06. The molecule has 0 fully saturated rings. The molecule has 0 aromatic heterocycles. The first-order valence-electron chi connectivity index (χ1n) is 7.10. The Morgan fingerprint density at radius 1 is 0.609 bits per heavy atom. The number of phenols is 4. The van der Waals surface area contributed by atoms with Crippen LogP contribution in [0.3, 0.4) is 0 Å². The van der Waals surface area contributed by atoms with Crippen LogP contribution in [-0.4, -0.2) is 30.6 Å². The number of rotatable bonds is 4. The van der Waals surface area contributed by atoms with E-state index < -0.39 is 0 Å². The van der Waals surface area contributed by atoms with Crippen molar-refractivity contribution in [1.29, 1.82) is 0 Å². The molecule has 124 valence electrons. The molecule has 0 radical (unpaired) electrons. The van der Waals surface area contributed by atoms with Gasteiger partial charge in [0.15, 0.2) is 0 Å². The molecule has 0 heterocycles. The van der Waals surface area contributed by atoms with E-state index in [2.05, 4.69) is 0 Å². The smallest absolute Gasteiger partial charge is 0.127 e. The van der Waals surface area contributed by atoms with E-state index in [0.717, 1.165) is 0 Å². The first-order chi connectivity index (χ1) is 10.8. The molecule has 2 aromatic rings. The molecule has 6 N–H and O–H groups in total. The Hall–Kier alpha value is -2.44. The molecule has 2 aromatic carbocycles. The summed E-state index contributed by atoms with van der Waals surface area (Å²) in [7, 11) is 0. The van der Waals surface area contributed by atoms with Gasteiger partial charge in [-0.1, -0.05) is 0 Å². The molecule has 2 rings (SSSR count). The quantitative estimate of drug-likeness (QED) is 0.510. The largest absolute Gasteiger partial charge is 0.507 e. The van der Waals surface area contributed by atoms with E-state index in [1.807, 2.05) is 0 Å². The van der Waals surface area contributed by atoms with E-state index in [-0.39, 0.29) is 64.9 Å². The van der Waals surface area contributed by atoms with Gasteiger partial charge in [0.25, 0.3) is 0 Å². The standard InChI is InChI=1S/C17H20O6/c1-8-14(20)10(4-12(6-18)16(8)22)3-11-5-13(7-19)17(23)9(2)15(11)21/h4-5,18-23H,3,6-7H2,1-2H3. The predicted octanol–water partition coefficient (Wildman–Crippen LogP) is 1.70. The second-order valence-electron chi connectivity index (χ2n) is 5.53. The summed E-state index contributed by atoms with van der Waals surface area (Å²) in [4.78, 5) is 0. The maximum Gasteiger partial charge on any atom is 0.127 e. The molecule has 0 saturated heterocycles. The van der Waals surface area contributed by atoms with E-state index in [9.17, 15) is 30.6 Å². The molecule has 0 aliphatic carbocycles. The van der Waals surface area contributed by atoms with Gasteiger partial charge in [0.1, 0.15) is 23.0 Å². The van der Waals surface area contributed by atoms with Gasteiger partial charge in [-0.15, -0.1) is 0 Å². The molecule has 0 aliphatic heterocycles. The Morgan fingerprint density at radius 2 is 0.913 bits per heavy atom. The van der Waals surface area contributed by atoms with Crippen LogP contribution in [-0.2, 0) is 19.6 Å². The molecule has 0 atom stereocenters. The van der Waals surface area contributed by atoms with Gasteiger partial charge < -0.3 is 30.6 Å². The van der Waals surface area contributed by atoms with E-state index in [1.54, 1.807) is 0 Å². The maximum atomic E-state index is 10.2. The molecule has 0 amide bonds. The summed E-state index contributed by atoms with van der Waals surface area (Å²) in [6.07, 6.45) is 0.111. The molecule has 0 bridgehead atoms. The minimum absolute atomic E-state index is 0.111. The van der Waals surface area contributed by atoms with Gasteiger partial charge in [-0.2, -0.15) is 0 Å². The average molecular weight is 320 g/mol. The highest BCUT2D eigenvalue weighted by molar-refractivity contribution is 5.57. The van der Waals surface area contributed by atoms with Crippen LogP contribution in [0.25, 0.3) is 0 Å². The van der Waals surface area contributed by atoms with E-state index in [1.165, 1.54) is 26.0 Å². The second-order valence-corrected chi connectivity index (χ2v) is 5.53. The van der Waals surface area contributed by atoms with E-state index >= 15 is 0 Å². The van der Waals surface area contributed by atoms with Gasteiger partial charge in [0.05, 0.1) is 13.2 Å². The molecule has 0 spiro atoms. The molecule has 6 heteroatoms. The van der Waals surface area contributed by atoms with Crippen molar-refractivity contribution in [1.82, 2.24) is 0 Å². The highest BCUT2D eigenvalue weighted by Gasteiger charge is 2.18. The topological polar surface area (TPSA) is 121 Å². The lowest BCUT2D eigenvalue weighted by Gasteiger charge is -2.15. The van der Waals surface area contributed by atoms with Crippen LogP contribution in [0.5, 0.6) is 23.0 Å². The first kappa shape index (κ1) is 16.9. The summed E-state index contributed by atoms with van der Waals surface area (Å²) in [5, 5.41) is 58.6. The molecule has 6 nitrogen and oxygen atoms in total. The number of phenolic OH excluding ortho intramolecular Hbond substituents is 2. The molecule has 23 heavy (non-hydrogen) atoms. The van der Waals surface area contributed by atoms with Gasteiger partial charge >= 0.3 is 0 Å². The van der Waals surface area contributed by atoms with Gasteiger partial charge in [-0.3, -0.25) is 0 Å². The third-order valence-electron chi connectivity index (χ3n) is 4.06. The normalized spacial score (nSPS) is 11.0. The second kappa shape index (κ2) is 6.36. The van der Waals surface area contributed by atoms with Crippen LogP contribution in [0.1, 0.15) is 33.4 Å². The zero-order valence-electron chi connectivity index (χ0n) is 13.0. The monoisotopic (exact) mass is 320 g/mol. The first-order valence-corrected chi connectivity index (χ1v) is 7.10. The predicted molar refractivity (Wildman–Crippen MR) is 83.7 cm³/mol. The van der Waals surface area contributed by atoms with Crippen LogP contribution in [0, 0.1) is 13.8 Å². The summed E-state index contributed by atoms with van der Waals surface area (Å²) in [5.41, 5.74) is 1.84. The van der Waals surface area contributed by atoms with Crippen LogP contribution in [0.15, 0.2) is 12.1 Å². The lowest BCUT2D eigenvalue weighted by Crippen LogP contribution is -1.99. The van der Waals surface area contributed by atoms with Crippen molar-refractivity contribution in [2.24, 2.45) is 0 Å². The average Bonchev–Trinajstić information content (AvgIpc) is 2.55. The fourth-order valence-corrected chi connectivity index (χ4v) is 2.60. The Bertz CT molecular complexity index is 688. The van der Waals surface area contributed by atoms with Gasteiger partial charge in [0, 0.05) is 28.7 Å². The molecular weight excluding hydrogens is 300 g/mol. The Balaban J connectivity index is 2.56. The Morgan fingerprint density at radius 3 is 1.22 bits per heavy atom. The van der Waals surface area contributed by atoms with Crippen molar-refractivity contribution in [3.05, 3.63) is 45.5 Å². The van der Waals surface area contributed by atoms with Gasteiger partial charge in [0.2, 0.25) is 0 Å². The number of hydrogen-bond acceptors (Lipinski definition) is 6.